The predicted molar refractivity (Wildman–Crippen MR) is 107 cm³/mol. The summed E-state index contributed by atoms with van der Waals surface area (Å²) in [5.41, 5.74) is 6.94. The molecule has 0 aromatic heterocycles. The molecular formula is C22H28N2O4. The first kappa shape index (κ1) is 21.6. The lowest BCUT2D eigenvalue weighted by molar-refractivity contribution is -0.143. The summed E-state index contributed by atoms with van der Waals surface area (Å²) in [7, 11) is 0. The van der Waals surface area contributed by atoms with Gasteiger partial charge >= 0.3 is 12.1 Å². The Labute approximate surface area is 166 Å². The largest absolute Gasteiger partial charge is 0.516 e. The zero-order valence-corrected chi connectivity index (χ0v) is 16.4. The van der Waals surface area contributed by atoms with E-state index >= 15 is 0 Å². The first-order valence-electron chi connectivity index (χ1n) is 9.38. The van der Waals surface area contributed by atoms with Gasteiger partial charge in [0.2, 0.25) is 0 Å². The van der Waals surface area contributed by atoms with Gasteiger partial charge in [-0.05, 0) is 44.4 Å². The molecule has 1 atom stereocenters. The molecule has 2 rings (SSSR count). The van der Waals surface area contributed by atoms with Gasteiger partial charge in [-0.2, -0.15) is 0 Å². The predicted octanol–water partition coefficient (Wildman–Crippen LogP) is 3.50. The number of carbonyl (C=O) groups is 2. The molecule has 2 aromatic carbocycles. The van der Waals surface area contributed by atoms with Crippen LogP contribution in [0.25, 0.3) is 0 Å². The van der Waals surface area contributed by atoms with Gasteiger partial charge in [0.15, 0.2) is 0 Å². The van der Waals surface area contributed by atoms with Crippen molar-refractivity contribution >= 4 is 12.1 Å². The van der Waals surface area contributed by atoms with Crippen LogP contribution in [0.3, 0.4) is 0 Å². The summed E-state index contributed by atoms with van der Waals surface area (Å²) in [5.74, 6) is -0.671. The Morgan fingerprint density at radius 1 is 1.04 bits per heavy atom. The highest BCUT2D eigenvalue weighted by Gasteiger charge is 2.30. The second-order valence-electron chi connectivity index (χ2n) is 7.06. The number of carbonyl (C=O) groups excluding carboxylic acids is 2. The van der Waals surface area contributed by atoms with Crippen LogP contribution in [0.4, 0.5) is 4.79 Å². The molecule has 6 nitrogen and oxygen atoms in total. The quantitative estimate of drug-likeness (QED) is 0.508. The van der Waals surface area contributed by atoms with Gasteiger partial charge in [-0.15, -0.1) is 0 Å². The maximum Gasteiger partial charge on any atom is 0.516 e. The molecule has 0 saturated heterocycles. The van der Waals surface area contributed by atoms with Crippen LogP contribution < -0.4 is 11.1 Å². The standard InChI is InChI=1S/C22H28N2O4/c1-22(2,18-12-7-4-8-13-18)24-19(14-9-15-23)20(25)28-21(26)27-16-17-10-5-3-6-11-17/h3-8,10-13,19,24H,9,14-16,23H2,1-2H3/t19-/m0/s1. The molecule has 3 N–H and O–H groups in total. The summed E-state index contributed by atoms with van der Waals surface area (Å²) >= 11 is 0. The van der Waals surface area contributed by atoms with Crippen molar-refractivity contribution in [1.29, 1.82) is 0 Å². The highest BCUT2D eigenvalue weighted by Crippen LogP contribution is 2.21. The van der Waals surface area contributed by atoms with Crippen LogP contribution in [0.5, 0.6) is 0 Å². The molecule has 0 amide bonds. The number of ether oxygens (including phenoxy) is 2. The number of nitrogens with one attached hydrogen (secondary N) is 1. The van der Waals surface area contributed by atoms with E-state index in [1.165, 1.54) is 0 Å². The lowest BCUT2D eigenvalue weighted by atomic mass is 9.92. The summed E-state index contributed by atoms with van der Waals surface area (Å²) in [5, 5.41) is 3.29. The van der Waals surface area contributed by atoms with Gasteiger partial charge in [-0.1, -0.05) is 60.7 Å². The fourth-order valence-electron chi connectivity index (χ4n) is 2.84. The molecule has 0 fully saturated rings. The normalized spacial score (nSPS) is 12.2. The van der Waals surface area contributed by atoms with Crippen molar-refractivity contribution in [3.05, 3.63) is 71.8 Å². The molecule has 6 heteroatoms. The van der Waals surface area contributed by atoms with Crippen molar-refractivity contribution < 1.29 is 19.1 Å². The molecule has 0 heterocycles. The van der Waals surface area contributed by atoms with Gasteiger partial charge < -0.3 is 15.2 Å². The SMILES string of the molecule is CC(C)(N[C@@H](CCCN)C(=O)OC(=O)OCc1ccccc1)c1ccccc1. The molecule has 0 spiro atoms. The van der Waals surface area contributed by atoms with Crippen LogP contribution in [0.2, 0.25) is 0 Å². The van der Waals surface area contributed by atoms with E-state index in [4.69, 9.17) is 15.2 Å². The van der Waals surface area contributed by atoms with Gasteiger partial charge in [-0.25, -0.2) is 9.59 Å². The van der Waals surface area contributed by atoms with Crippen LogP contribution in [0.15, 0.2) is 60.7 Å². The van der Waals surface area contributed by atoms with Crippen LogP contribution in [0, 0.1) is 0 Å². The van der Waals surface area contributed by atoms with E-state index in [9.17, 15) is 9.59 Å². The third kappa shape index (κ3) is 6.79. The van der Waals surface area contributed by atoms with Crippen molar-refractivity contribution in [3.8, 4) is 0 Å². The number of esters is 1. The first-order valence-corrected chi connectivity index (χ1v) is 9.38. The molecular weight excluding hydrogens is 356 g/mol. The van der Waals surface area contributed by atoms with Crippen LogP contribution in [0.1, 0.15) is 37.8 Å². The third-order valence-electron chi connectivity index (χ3n) is 4.40. The number of benzene rings is 2. The smallest absolute Gasteiger partial charge is 0.429 e. The van der Waals surface area contributed by atoms with E-state index < -0.39 is 23.7 Å². The minimum Gasteiger partial charge on any atom is -0.429 e. The van der Waals surface area contributed by atoms with Gasteiger partial charge in [0.25, 0.3) is 0 Å². The van der Waals surface area contributed by atoms with Crippen molar-refractivity contribution in [2.75, 3.05) is 6.54 Å². The van der Waals surface area contributed by atoms with Crippen molar-refractivity contribution in [3.63, 3.8) is 0 Å². The minimum atomic E-state index is -1.01. The van der Waals surface area contributed by atoms with Crippen molar-refractivity contribution in [2.45, 2.75) is 44.9 Å². The Bertz CT molecular complexity index is 748. The maximum atomic E-state index is 12.6. The van der Waals surface area contributed by atoms with Crippen LogP contribution in [-0.4, -0.2) is 24.7 Å². The average Bonchev–Trinajstić information content (AvgIpc) is 2.71. The maximum absolute atomic E-state index is 12.6. The third-order valence-corrected chi connectivity index (χ3v) is 4.40. The van der Waals surface area contributed by atoms with Gasteiger partial charge in [-0.3, -0.25) is 5.32 Å². The Balaban J connectivity index is 1.97. The summed E-state index contributed by atoms with van der Waals surface area (Å²) in [6, 6.07) is 18.3. The summed E-state index contributed by atoms with van der Waals surface area (Å²) < 4.78 is 9.94. The zero-order valence-electron chi connectivity index (χ0n) is 16.4. The van der Waals surface area contributed by atoms with E-state index in [1.807, 2.05) is 74.5 Å². The molecule has 0 aliphatic carbocycles. The molecule has 28 heavy (non-hydrogen) atoms. The molecule has 0 aliphatic rings. The van der Waals surface area contributed by atoms with Crippen molar-refractivity contribution in [1.82, 2.24) is 5.32 Å². The first-order chi connectivity index (χ1) is 13.4. The molecule has 0 radical (unpaired) electrons. The lowest BCUT2D eigenvalue weighted by Crippen LogP contribution is -2.48. The number of nitrogens with two attached hydrogens (primary N) is 1. The molecule has 0 unspecified atom stereocenters. The Hall–Kier alpha value is -2.70. The Kier molecular flexibility index (Phi) is 8.17. The highest BCUT2D eigenvalue weighted by molar-refractivity contribution is 5.85. The second-order valence-corrected chi connectivity index (χ2v) is 7.06. The minimum absolute atomic E-state index is 0.0450. The number of hydrogen-bond donors (Lipinski definition) is 2. The number of rotatable bonds is 9. The zero-order chi connectivity index (χ0) is 20.4. The van der Waals surface area contributed by atoms with Crippen molar-refractivity contribution in [2.24, 2.45) is 5.73 Å². The number of hydrogen-bond acceptors (Lipinski definition) is 6. The Morgan fingerprint density at radius 2 is 1.64 bits per heavy atom. The van der Waals surface area contributed by atoms with Gasteiger partial charge in [0, 0.05) is 5.54 Å². The van der Waals surface area contributed by atoms with E-state index in [0.29, 0.717) is 19.4 Å². The lowest BCUT2D eigenvalue weighted by Gasteiger charge is -2.31. The molecule has 150 valence electrons. The van der Waals surface area contributed by atoms with Crippen LogP contribution in [-0.2, 0) is 26.4 Å². The molecule has 2 aromatic rings. The molecule has 0 saturated carbocycles. The fraction of sp³-hybridized carbons (Fsp3) is 0.364. The summed E-state index contributed by atoms with van der Waals surface area (Å²) in [4.78, 5) is 24.5. The highest BCUT2D eigenvalue weighted by atomic mass is 16.7. The van der Waals surface area contributed by atoms with E-state index in [1.54, 1.807) is 0 Å². The monoisotopic (exact) mass is 384 g/mol. The van der Waals surface area contributed by atoms with E-state index in [0.717, 1.165) is 11.1 Å². The van der Waals surface area contributed by atoms with Gasteiger partial charge in [0.05, 0.1) is 0 Å². The molecule has 0 bridgehead atoms. The van der Waals surface area contributed by atoms with E-state index in [2.05, 4.69) is 5.32 Å². The fourth-order valence-corrected chi connectivity index (χ4v) is 2.84. The molecule has 0 aliphatic heterocycles. The van der Waals surface area contributed by atoms with E-state index in [-0.39, 0.29) is 6.61 Å². The summed E-state index contributed by atoms with van der Waals surface area (Å²) in [6.45, 7) is 4.43. The van der Waals surface area contributed by atoms with Gasteiger partial charge in [0.1, 0.15) is 12.6 Å². The topological polar surface area (TPSA) is 90.6 Å². The second kappa shape index (κ2) is 10.6. The Morgan fingerprint density at radius 3 is 2.25 bits per heavy atom. The average molecular weight is 384 g/mol. The van der Waals surface area contributed by atoms with Crippen LogP contribution >= 0.6 is 0 Å². The summed E-state index contributed by atoms with van der Waals surface area (Å²) in [6.07, 6.45) is 0.0692.